The van der Waals surface area contributed by atoms with E-state index in [1.165, 1.54) is 0 Å². The van der Waals surface area contributed by atoms with Gasteiger partial charge in [0.15, 0.2) is 0 Å². The van der Waals surface area contributed by atoms with Crippen molar-refractivity contribution in [3.8, 4) is 0 Å². The first-order valence-corrected chi connectivity index (χ1v) is 5.97. The molecule has 0 radical (unpaired) electrons. The molecule has 1 N–H and O–H groups in total. The van der Waals surface area contributed by atoms with E-state index in [1.54, 1.807) is 6.33 Å². The second-order valence-electron chi connectivity index (χ2n) is 5.29. The van der Waals surface area contributed by atoms with Crippen LogP contribution in [0.5, 0.6) is 0 Å². The maximum Gasteiger partial charge on any atom is 0.129 e. The number of hydrogen-bond acceptors (Lipinski definition) is 3. The Bertz CT molecular complexity index is 333. The number of nitrogens with zero attached hydrogens (tertiary/aromatic N) is 2. The third-order valence-electron chi connectivity index (χ3n) is 2.14. The Labute approximate surface area is 103 Å². The SMILES string of the molecule is Cc1cc(NCC(Cl)CC(C)(C)C)ncn1. The van der Waals surface area contributed by atoms with Gasteiger partial charge in [0, 0.05) is 18.3 Å². The van der Waals surface area contributed by atoms with Crippen LogP contribution in [0.15, 0.2) is 12.4 Å². The second-order valence-corrected chi connectivity index (χ2v) is 5.90. The summed E-state index contributed by atoms with van der Waals surface area (Å²) in [7, 11) is 0. The highest BCUT2D eigenvalue weighted by atomic mass is 35.5. The van der Waals surface area contributed by atoms with Crippen molar-refractivity contribution in [2.24, 2.45) is 5.41 Å². The molecule has 0 amide bonds. The van der Waals surface area contributed by atoms with Crippen molar-refractivity contribution in [1.29, 1.82) is 0 Å². The summed E-state index contributed by atoms with van der Waals surface area (Å²) in [4.78, 5) is 8.17. The van der Waals surface area contributed by atoms with Crippen LogP contribution in [0.1, 0.15) is 32.9 Å². The lowest BCUT2D eigenvalue weighted by molar-refractivity contribution is 0.373. The number of hydrogen-bond donors (Lipinski definition) is 1. The van der Waals surface area contributed by atoms with Crippen molar-refractivity contribution < 1.29 is 0 Å². The maximum absolute atomic E-state index is 6.25. The molecule has 0 aliphatic carbocycles. The summed E-state index contributed by atoms with van der Waals surface area (Å²) in [5, 5.41) is 3.35. The standard InChI is InChI=1S/C12H20ClN3/c1-9-5-11(16-8-15-9)14-7-10(13)6-12(2,3)4/h5,8,10H,6-7H2,1-4H3,(H,14,15,16). The number of rotatable bonds is 4. The maximum atomic E-state index is 6.25. The highest BCUT2D eigenvalue weighted by Crippen LogP contribution is 2.23. The molecule has 1 aromatic heterocycles. The minimum absolute atomic E-state index is 0.121. The Morgan fingerprint density at radius 3 is 2.62 bits per heavy atom. The lowest BCUT2D eigenvalue weighted by atomic mass is 9.90. The zero-order valence-corrected chi connectivity index (χ0v) is 11.2. The van der Waals surface area contributed by atoms with E-state index in [0.717, 1.165) is 24.5 Å². The summed E-state index contributed by atoms with van der Waals surface area (Å²) < 4.78 is 0. The minimum Gasteiger partial charge on any atom is -0.368 e. The van der Waals surface area contributed by atoms with Crippen LogP contribution < -0.4 is 5.32 Å². The summed E-state index contributed by atoms with van der Waals surface area (Å²) in [5.74, 6) is 0.840. The van der Waals surface area contributed by atoms with Gasteiger partial charge in [-0.3, -0.25) is 0 Å². The molecule has 0 aromatic carbocycles. The molecule has 0 bridgehead atoms. The first-order chi connectivity index (χ1) is 7.37. The molecule has 1 unspecified atom stereocenters. The van der Waals surface area contributed by atoms with Gasteiger partial charge in [0.25, 0.3) is 0 Å². The van der Waals surface area contributed by atoms with Crippen LogP contribution in [0, 0.1) is 12.3 Å². The van der Waals surface area contributed by atoms with Crippen molar-refractivity contribution in [2.75, 3.05) is 11.9 Å². The number of halogens is 1. The van der Waals surface area contributed by atoms with Gasteiger partial charge in [-0.15, -0.1) is 11.6 Å². The fourth-order valence-electron chi connectivity index (χ4n) is 1.50. The van der Waals surface area contributed by atoms with E-state index >= 15 is 0 Å². The smallest absolute Gasteiger partial charge is 0.129 e. The number of aryl methyl sites for hydroxylation is 1. The van der Waals surface area contributed by atoms with Gasteiger partial charge in [-0.05, 0) is 18.8 Å². The Balaban J connectivity index is 2.40. The van der Waals surface area contributed by atoms with Gasteiger partial charge in [0.05, 0.1) is 5.38 Å². The van der Waals surface area contributed by atoms with E-state index in [4.69, 9.17) is 11.6 Å². The number of anilines is 1. The quantitative estimate of drug-likeness (QED) is 0.823. The molecular weight excluding hydrogens is 222 g/mol. The van der Waals surface area contributed by atoms with Crippen LogP contribution in [0.25, 0.3) is 0 Å². The van der Waals surface area contributed by atoms with E-state index in [9.17, 15) is 0 Å². The van der Waals surface area contributed by atoms with Gasteiger partial charge < -0.3 is 5.32 Å². The lowest BCUT2D eigenvalue weighted by Crippen LogP contribution is -2.21. The summed E-state index contributed by atoms with van der Waals surface area (Å²) in [6.45, 7) is 9.25. The molecule has 1 rings (SSSR count). The van der Waals surface area contributed by atoms with Gasteiger partial charge in [0.2, 0.25) is 0 Å². The van der Waals surface area contributed by atoms with Crippen molar-refractivity contribution in [2.45, 2.75) is 39.5 Å². The van der Waals surface area contributed by atoms with Gasteiger partial charge in [0.1, 0.15) is 12.1 Å². The number of alkyl halides is 1. The Kier molecular flexibility index (Phi) is 4.54. The summed E-state index contributed by atoms with van der Waals surface area (Å²) >= 11 is 6.25. The minimum atomic E-state index is 0.121. The number of nitrogens with one attached hydrogen (secondary N) is 1. The van der Waals surface area contributed by atoms with E-state index in [-0.39, 0.29) is 10.8 Å². The normalized spacial score (nSPS) is 13.6. The molecule has 3 nitrogen and oxygen atoms in total. The Morgan fingerprint density at radius 1 is 1.38 bits per heavy atom. The monoisotopic (exact) mass is 241 g/mol. The molecular formula is C12H20ClN3. The van der Waals surface area contributed by atoms with Crippen molar-refractivity contribution in [3.05, 3.63) is 18.1 Å². The topological polar surface area (TPSA) is 37.8 Å². The highest BCUT2D eigenvalue weighted by molar-refractivity contribution is 6.20. The van der Waals surface area contributed by atoms with Gasteiger partial charge in [-0.25, -0.2) is 9.97 Å². The molecule has 4 heteroatoms. The van der Waals surface area contributed by atoms with Crippen LogP contribution >= 0.6 is 11.6 Å². The largest absolute Gasteiger partial charge is 0.368 e. The molecule has 0 fully saturated rings. The van der Waals surface area contributed by atoms with Crippen LogP contribution in [-0.4, -0.2) is 21.9 Å². The third-order valence-corrected chi connectivity index (χ3v) is 2.45. The molecule has 0 spiro atoms. The molecule has 0 saturated heterocycles. The van der Waals surface area contributed by atoms with Crippen molar-refractivity contribution >= 4 is 17.4 Å². The van der Waals surface area contributed by atoms with Crippen LogP contribution in [0.2, 0.25) is 0 Å². The van der Waals surface area contributed by atoms with Crippen LogP contribution in [0.3, 0.4) is 0 Å². The first kappa shape index (κ1) is 13.2. The van der Waals surface area contributed by atoms with Crippen LogP contribution in [-0.2, 0) is 0 Å². The van der Waals surface area contributed by atoms with Gasteiger partial charge >= 0.3 is 0 Å². The van der Waals surface area contributed by atoms with Crippen molar-refractivity contribution in [3.63, 3.8) is 0 Å². The molecule has 16 heavy (non-hydrogen) atoms. The van der Waals surface area contributed by atoms with E-state index in [1.807, 2.05) is 13.0 Å². The molecule has 1 aromatic rings. The fourth-order valence-corrected chi connectivity index (χ4v) is 2.04. The third kappa shape index (κ3) is 5.31. The molecule has 1 heterocycles. The summed E-state index contributed by atoms with van der Waals surface area (Å²) in [6.07, 6.45) is 2.54. The molecule has 0 aliphatic heterocycles. The predicted octanol–water partition coefficient (Wildman–Crippen LogP) is 3.24. The lowest BCUT2D eigenvalue weighted by Gasteiger charge is -2.22. The van der Waals surface area contributed by atoms with Crippen LogP contribution in [0.4, 0.5) is 5.82 Å². The average molecular weight is 242 g/mol. The van der Waals surface area contributed by atoms with E-state index in [2.05, 4.69) is 36.1 Å². The molecule has 0 saturated carbocycles. The Morgan fingerprint density at radius 2 is 2.06 bits per heavy atom. The highest BCUT2D eigenvalue weighted by Gasteiger charge is 2.16. The zero-order chi connectivity index (χ0) is 12.2. The summed E-state index contributed by atoms with van der Waals surface area (Å²) in [6, 6.07) is 1.92. The second kappa shape index (κ2) is 5.48. The predicted molar refractivity (Wildman–Crippen MR) is 69.0 cm³/mol. The Hall–Kier alpha value is -0.830. The van der Waals surface area contributed by atoms with E-state index in [0.29, 0.717) is 0 Å². The summed E-state index contributed by atoms with van der Waals surface area (Å²) in [5.41, 5.74) is 1.22. The molecule has 1 atom stereocenters. The molecule has 0 aliphatic rings. The molecule has 90 valence electrons. The van der Waals surface area contributed by atoms with Gasteiger partial charge in [-0.2, -0.15) is 0 Å². The van der Waals surface area contributed by atoms with E-state index < -0.39 is 0 Å². The number of aromatic nitrogens is 2. The van der Waals surface area contributed by atoms with Crippen molar-refractivity contribution in [1.82, 2.24) is 9.97 Å². The zero-order valence-electron chi connectivity index (χ0n) is 10.4. The fraction of sp³-hybridized carbons (Fsp3) is 0.667. The first-order valence-electron chi connectivity index (χ1n) is 5.53. The average Bonchev–Trinajstić information content (AvgIpc) is 2.12. The van der Waals surface area contributed by atoms with Gasteiger partial charge in [-0.1, -0.05) is 20.8 Å².